The lowest BCUT2D eigenvalue weighted by Crippen LogP contribution is -2.52. The lowest BCUT2D eigenvalue weighted by atomic mass is 10.4. The molecule has 14 heavy (non-hydrogen) atoms. The highest BCUT2D eigenvalue weighted by molar-refractivity contribution is 6.20. The predicted molar refractivity (Wildman–Crippen MR) is 52.9 cm³/mol. The van der Waals surface area contributed by atoms with E-state index in [9.17, 15) is 4.79 Å². The van der Waals surface area contributed by atoms with Crippen LogP contribution in [0.15, 0.2) is 11.9 Å². The van der Waals surface area contributed by atoms with Gasteiger partial charge in [-0.05, 0) is 12.8 Å². The van der Waals surface area contributed by atoms with Crippen LogP contribution < -0.4 is 16.2 Å². The monoisotopic (exact) mass is 216 g/mol. The zero-order valence-electron chi connectivity index (χ0n) is 7.88. The van der Waals surface area contributed by atoms with E-state index in [2.05, 4.69) is 16.2 Å². The van der Waals surface area contributed by atoms with Gasteiger partial charge >= 0.3 is 0 Å². The van der Waals surface area contributed by atoms with Crippen LogP contribution in [0.1, 0.15) is 12.8 Å². The van der Waals surface area contributed by atoms with E-state index in [1.807, 2.05) is 0 Å². The van der Waals surface area contributed by atoms with Gasteiger partial charge in [-0.15, -0.1) is 0 Å². The number of nitrogens with zero attached hydrogens (tertiary/aromatic N) is 1. The molecule has 1 atom stereocenters. The fraction of sp³-hybridized carbons (Fsp3) is 0.625. The summed E-state index contributed by atoms with van der Waals surface area (Å²) >= 11 is 5.83. The molecule has 0 radical (unpaired) electrons. The molecule has 0 aromatic carbocycles. The van der Waals surface area contributed by atoms with E-state index >= 15 is 0 Å². The molecule has 1 unspecified atom stereocenters. The molecule has 1 aliphatic heterocycles. The van der Waals surface area contributed by atoms with Crippen LogP contribution in [0.4, 0.5) is 0 Å². The minimum Gasteiger partial charge on any atom is -0.349 e. The highest BCUT2D eigenvalue weighted by Gasteiger charge is 2.26. The van der Waals surface area contributed by atoms with Crippen molar-refractivity contribution in [2.45, 2.75) is 24.5 Å². The van der Waals surface area contributed by atoms with Gasteiger partial charge in [-0.25, -0.2) is 5.43 Å². The first-order valence-corrected chi connectivity index (χ1v) is 5.00. The second kappa shape index (κ2) is 3.67. The summed E-state index contributed by atoms with van der Waals surface area (Å²) < 4.78 is 0. The first-order valence-electron chi connectivity index (χ1n) is 4.57. The molecule has 78 valence electrons. The third-order valence-corrected chi connectivity index (χ3v) is 2.59. The lowest BCUT2D eigenvalue weighted by Gasteiger charge is -2.29. The Labute approximate surface area is 87.4 Å². The fourth-order valence-corrected chi connectivity index (χ4v) is 1.26. The Bertz CT molecular complexity index is 277. The molecule has 1 amide bonds. The van der Waals surface area contributed by atoms with Crippen LogP contribution in [0.5, 0.6) is 0 Å². The van der Waals surface area contributed by atoms with Gasteiger partial charge < -0.3 is 15.6 Å². The topological polar surface area (TPSA) is 56.4 Å². The molecular weight excluding hydrogens is 204 g/mol. The van der Waals surface area contributed by atoms with Gasteiger partial charge in [0.25, 0.3) is 5.91 Å². The third kappa shape index (κ3) is 2.10. The maximum absolute atomic E-state index is 11.5. The molecule has 1 heterocycles. The van der Waals surface area contributed by atoms with Gasteiger partial charge in [0.1, 0.15) is 5.70 Å². The Balaban J connectivity index is 1.95. The molecule has 1 saturated carbocycles. The van der Waals surface area contributed by atoms with Crippen LogP contribution in [-0.2, 0) is 4.79 Å². The number of carbonyl (C=O) groups is 1. The summed E-state index contributed by atoms with van der Waals surface area (Å²) in [7, 11) is 1.80. The number of amides is 1. The summed E-state index contributed by atoms with van der Waals surface area (Å²) in [4.78, 5) is 13.3. The zero-order chi connectivity index (χ0) is 10.1. The Hall–Kier alpha value is -0.940. The van der Waals surface area contributed by atoms with Crippen molar-refractivity contribution in [2.75, 3.05) is 7.05 Å². The number of halogens is 1. The van der Waals surface area contributed by atoms with Crippen molar-refractivity contribution in [3.63, 3.8) is 0 Å². The predicted octanol–water partition coefficient (Wildman–Crippen LogP) is -0.332. The Morgan fingerprint density at radius 1 is 1.71 bits per heavy atom. The minimum absolute atomic E-state index is 0.0876. The number of rotatable bonds is 2. The molecule has 3 N–H and O–H groups in total. The summed E-state index contributed by atoms with van der Waals surface area (Å²) in [6.45, 7) is 0. The minimum atomic E-state index is -0.326. The number of hydrogen-bond donors (Lipinski definition) is 3. The van der Waals surface area contributed by atoms with E-state index < -0.39 is 0 Å². The molecular formula is C8H13ClN4O. The molecule has 1 fully saturated rings. The van der Waals surface area contributed by atoms with Crippen molar-refractivity contribution in [2.24, 2.45) is 0 Å². The SMILES string of the molecule is CN1C=C(C(=O)NC2CC2)NNC1Cl. The number of hydrazine groups is 1. The summed E-state index contributed by atoms with van der Waals surface area (Å²) in [6, 6.07) is 0.365. The first kappa shape index (κ1) is 9.61. The van der Waals surface area contributed by atoms with E-state index in [0.717, 1.165) is 12.8 Å². The van der Waals surface area contributed by atoms with Gasteiger partial charge in [-0.3, -0.25) is 4.79 Å². The third-order valence-electron chi connectivity index (χ3n) is 2.17. The average Bonchev–Trinajstić information content (AvgIpc) is 2.93. The maximum atomic E-state index is 11.5. The maximum Gasteiger partial charge on any atom is 0.270 e. The van der Waals surface area contributed by atoms with Crippen molar-refractivity contribution in [1.82, 2.24) is 21.1 Å². The Morgan fingerprint density at radius 2 is 2.43 bits per heavy atom. The number of carbonyl (C=O) groups excluding carboxylic acids is 1. The normalized spacial score (nSPS) is 26.6. The summed E-state index contributed by atoms with van der Waals surface area (Å²) in [5, 5.41) is 2.88. The Morgan fingerprint density at radius 3 is 3.00 bits per heavy atom. The summed E-state index contributed by atoms with van der Waals surface area (Å²) in [6.07, 6.45) is 3.85. The largest absolute Gasteiger partial charge is 0.349 e. The van der Waals surface area contributed by atoms with Crippen molar-refractivity contribution >= 4 is 17.5 Å². The molecule has 2 rings (SSSR count). The van der Waals surface area contributed by atoms with Crippen LogP contribution >= 0.6 is 11.6 Å². The molecule has 0 spiro atoms. The second-order valence-corrected chi connectivity index (χ2v) is 3.97. The van der Waals surface area contributed by atoms with Crippen LogP contribution in [-0.4, -0.2) is 29.5 Å². The van der Waals surface area contributed by atoms with Crippen molar-refractivity contribution in [3.05, 3.63) is 11.9 Å². The first-order chi connectivity index (χ1) is 6.66. The van der Waals surface area contributed by atoms with E-state index in [-0.39, 0.29) is 11.5 Å². The quantitative estimate of drug-likeness (QED) is 0.437. The van der Waals surface area contributed by atoms with E-state index in [1.54, 1.807) is 18.1 Å². The van der Waals surface area contributed by atoms with Crippen LogP contribution in [0.3, 0.4) is 0 Å². The van der Waals surface area contributed by atoms with Crippen LogP contribution in [0.2, 0.25) is 0 Å². The standard InChI is InChI=1S/C8H13ClN4O/c1-13-4-6(11-12-8(13)9)7(14)10-5-2-3-5/h4-5,8,11-12H,2-3H2,1H3,(H,10,14). The fourth-order valence-electron chi connectivity index (χ4n) is 1.15. The Kier molecular flexibility index (Phi) is 2.52. The van der Waals surface area contributed by atoms with Gasteiger partial charge in [-0.2, -0.15) is 0 Å². The summed E-state index contributed by atoms with van der Waals surface area (Å²) in [5.41, 5.74) is 5.70. The van der Waals surface area contributed by atoms with E-state index in [4.69, 9.17) is 11.6 Å². The number of nitrogens with one attached hydrogen (secondary N) is 3. The molecule has 0 aromatic rings. The second-order valence-electron chi connectivity index (χ2n) is 3.56. The number of alkyl halides is 1. The van der Waals surface area contributed by atoms with Crippen LogP contribution in [0.25, 0.3) is 0 Å². The van der Waals surface area contributed by atoms with Crippen molar-refractivity contribution in [3.8, 4) is 0 Å². The average molecular weight is 217 g/mol. The molecule has 5 nitrogen and oxygen atoms in total. The highest BCUT2D eigenvalue weighted by Crippen LogP contribution is 2.19. The van der Waals surface area contributed by atoms with Crippen LogP contribution in [0, 0.1) is 0 Å². The molecule has 2 aliphatic rings. The van der Waals surface area contributed by atoms with Gasteiger partial charge in [0.2, 0.25) is 0 Å². The van der Waals surface area contributed by atoms with Gasteiger partial charge in [0.05, 0.1) is 0 Å². The lowest BCUT2D eigenvalue weighted by molar-refractivity contribution is -0.118. The van der Waals surface area contributed by atoms with E-state index in [0.29, 0.717) is 11.7 Å². The van der Waals surface area contributed by atoms with E-state index in [1.165, 1.54) is 0 Å². The molecule has 0 bridgehead atoms. The molecule has 1 aliphatic carbocycles. The molecule has 6 heteroatoms. The van der Waals surface area contributed by atoms with Gasteiger partial charge in [0, 0.05) is 19.3 Å². The highest BCUT2D eigenvalue weighted by atomic mass is 35.5. The number of hydrogen-bond acceptors (Lipinski definition) is 4. The summed E-state index contributed by atoms with van der Waals surface area (Å²) in [5.74, 6) is -0.0876. The smallest absolute Gasteiger partial charge is 0.270 e. The van der Waals surface area contributed by atoms with Crippen molar-refractivity contribution in [1.29, 1.82) is 0 Å². The van der Waals surface area contributed by atoms with Gasteiger partial charge in [0.15, 0.2) is 5.62 Å². The zero-order valence-corrected chi connectivity index (χ0v) is 8.64. The van der Waals surface area contributed by atoms with Gasteiger partial charge in [-0.1, -0.05) is 11.6 Å². The molecule has 0 saturated heterocycles. The van der Waals surface area contributed by atoms with Crippen molar-refractivity contribution < 1.29 is 4.79 Å². The molecule has 0 aromatic heterocycles.